The fourth-order valence-electron chi connectivity index (χ4n) is 2.09. The monoisotopic (exact) mass is 271 g/mol. The van der Waals surface area contributed by atoms with Gasteiger partial charge in [0.2, 0.25) is 0 Å². The van der Waals surface area contributed by atoms with E-state index < -0.39 is 24.6 Å². The Bertz CT molecular complexity index is 634. The summed E-state index contributed by atoms with van der Waals surface area (Å²) in [7, 11) is 0. The number of aromatic nitrogens is 4. The third kappa shape index (κ3) is 1.90. The minimum atomic E-state index is -1.81. The van der Waals surface area contributed by atoms with Crippen molar-refractivity contribution in [3.8, 4) is 0 Å². The molecule has 1 saturated heterocycles. The van der Waals surface area contributed by atoms with E-state index >= 15 is 0 Å². The second kappa shape index (κ2) is 4.07. The van der Waals surface area contributed by atoms with Crippen LogP contribution in [0.15, 0.2) is 6.33 Å². The van der Waals surface area contributed by atoms with E-state index in [1.165, 1.54) is 10.9 Å². The molecule has 2 aromatic rings. The normalized spacial score (nSPS) is 27.2. The Balaban J connectivity index is 2.03. The molecule has 102 valence electrons. The van der Waals surface area contributed by atoms with E-state index in [-0.39, 0.29) is 30.0 Å². The zero-order chi connectivity index (χ0) is 13.6. The van der Waals surface area contributed by atoms with Crippen molar-refractivity contribution in [2.75, 3.05) is 18.9 Å². The minimum Gasteiger partial charge on any atom is -0.393 e. The van der Waals surface area contributed by atoms with E-state index in [2.05, 4.69) is 15.0 Å². The number of imidazole rings is 1. The molecule has 0 unspecified atom stereocenters. The number of hydrogen-bond donors (Lipinski definition) is 2. The predicted molar refractivity (Wildman–Crippen MR) is 60.2 cm³/mol. The van der Waals surface area contributed by atoms with Crippen molar-refractivity contribution in [2.24, 2.45) is 0 Å². The summed E-state index contributed by atoms with van der Waals surface area (Å²) in [5.41, 5.74) is 4.08. The summed E-state index contributed by atoms with van der Waals surface area (Å²) in [5.74, 6) is -0.0899. The Labute approximate surface area is 106 Å². The van der Waals surface area contributed by atoms with Gasteiger partial charge in [-0.05, 0) is 0 Å². The van der Waals surface area contributed by atoms with Gasteiger partial charge in [-0.25, -0.2) is 9.37 Å². The number of halogens is 2. The van der Waals surface area contributed by atoms with Gasteiger partial charge in [0, 0.05) is 6.42 Å². The zero-order valence-corrected chi connectivity index (χ0v) is 9.75. The molecule has 0 aromatic carbocycles. The Hall–Kier alpha value is -1.87. The van der Waals surface area contributed by atoms with E-state index in [9.17, 15) is 8.78 Å². The molecule has 1 fully saturated rings. The standard InChI is InChI=1S/C10H11F2N5O2/c11-9-15-7(13)6-8(16-9)17(4-14-6)5-1-10(12,2-18)3-19-5/h4-5,18H,1-3H2,(H2,13,15,16)/t5-,10-/m0/s1. The lowest BCUT2D eigenvalue weighted by molar-refractivity contribution is 0.0302. The van der Waals surface area contributed by atoms with Crippen molar-refractivity contribution in [1.82, 2.24) is 19.5 Å². The molecule has 0 saturated carbocycles. The Morgan fingerprint density at radius 1 is 1.58 bits per heavy atom. The number of hydrogen-bond acceptors (Lipinski definition) is 6. The van der Waals surface area contributed by atoms with Crippen LogP contribution >= 0.6 is 0 Å². The first-order valence-electron chi connectivity index (χ1n) is 5.59. The second-order valence-corrected chi connectivity index (χ2v) is 4.48. The van der Waals surface area contributed by atoms with E-state index in [0.29, 0.717) is 0 Å². The van der Waals surface area contributed by atoms with Crippen molar-refractivity contribution in [3.05, 3.63) is 12.4 Å². The van der Waals surface area contributed by atoms with Crippen LogP contribution in [0, 0.1) is 6.08 Å². The van der Waals surface area contributed by atoms with Gasteiger partial charge in [-0.1, -0.05) is 0 Å². The lowest BCUT2D eigenvalue weighted by Gasteiger charge is -2.14. The van der Waals surface area contributed by atoms with Crippen molar-refractivity contribution >= 4 is 17.0 Å². The van der Waals surface area contributed by atoms with Crippen molar-refractivity contribution in [1.29, 1.82) is 0 Å². The number of fused-ring (bicyclic) bond motifs is 1. The summed E-state index contributed by atoms with van der Waals surface area (Å²) >= 11 is 0. The first-order valence-corrected chi connectivity index (χ1v) is 5.59. The Morgan fingerprint density at radius 2 is 2.37 bits per heavy atom. The first-order chi connectivity index (χ1) is 9.02. The van der Waals surface area contributed by atoms with Gasteiger partial charge < -0.3 is 15.6 Å². The van der Waals surface area contributed by atoms with Gasteiger partial charge in [-0.2, -0.15) is 14.4 Å². The van der Waals surface area contributed by atoms with E-state index in [1.54, 1.807) is 0 Å². The number of rotatable bonds is 2. The highest BCUT2D eigenvalue weighted by Gasteiger charge is 2.41. The van der Waals surface area contributed by atoms with Crippen molar-refractivity contribution in [3.63, 3.8) is 0 Å². The largest absolute Gasteiger partial charge is 0.393 e. The first kappa shape index (κ1) is 12.2. The number of nitrogens with two attached hydrogens (primary N) is 1. The highest BCUT2D eigenvalue weighted by molar-refractivity contribution is 5.81. The SMILES string of the molecule is Nc1nc(F)nc2c1ncn2[C@@H]1C[C@](F)(CO)CO1. The number of aliphatic hydroxyl groups excluding tert-OH is 1. The van der Waals surface area contributed by atoms with Crippen molar-refractivity contribution in [2.45, 2.75) is 18.3 Å². The van der Waals surface area contributed by atoms with Gasteiger partial charge in [0.15, 0.2) is 22.7 Å². The smallest absolute Gasteiger partial charge is 0.312 e. The van der Waals surface area contributed by atoms with E-state index in [1.807, 2.05) is 0 Å². The molecule has 3 rings (SSSR count). The average molecular weight is 271 g/mol. The molecule has 19 heavy (non-hydrogen) atoms. The number of ether oxygens (including phenoxy) is 1. The van der Waals surface area contributed by atoms with Crippen LogP contribution in [-0.4, -0.2) is 43.5 Å². The van der Waals surface area contributed by atoms with Crippen LogP contribution in [0.1, 0.15) is 12.6 Å². The Kier molecular flexibility index (Phi) is 2.61. The third-order valence-corrected chi connectivity index (χ3v) is 3.09. The molecule has 2 atom stereocenters. The van der Waals surface area contributed by atoms with Crippen molar-refractivity contribution < 1.29 is 18.6 Å². The second-order valence-electron chi connectivity index (χ2n) is 4.48. The topological polar surface area (TPSA) is 99.1 Å². The molecule has 1 aliphatic rings. The molecule has 9 heteroatoms. The molecule has 0 radical (unpaired) electrons. The Morgan fingerprint density at radius 3 is 3.05 bits per heavy atom. The zero-order valence-electron chi connectivity index (χ0n) is 9.75. The van der Waals surface area contributed by atoms with Gasteiger partial charge in [-0.3, -0.25) is 4.57 Å². The number of nitrogens with zero attached hydrogens (tertiary/aromatic N) is 4. The highest BCUT2D eigenvalue weighted by atomic mass is 19.1. The van der Waals surface area contributed by atoms with Gasteiger partial charge in [0.05, 0.1) is 19.5 Å². The lowest BCUT2D eigenvalue weighted by atomic mass is 10.1. The highest BCUT2D eigenvalue weighted by Crippen LogP contribution is 2.35. The number of nitrogen functional groups attached to an aromatic ring is 1. The molecule has 1 aliphatic heterocycles. The number of alkyl halides is 1. The fourth-order valence-corrected chi connectivity index (χ4v) is 2.09. The average Bonchev–Trinajstić information content (AvgIpc) is 2.94. The summed E-state index contributed by atoms with van der Waals surface area (Å²) in [4.78, 5) is 10.9. The molecule has 0 amide bonds. The van der Waals surface area contributed by atoms with Crippen LogP contribution in [0.4, 0.5) is 14.6 Å². The van der Waals surface area contributed by atoms with Gasteiger partial charge in [-0.15, -0.1) is 0 Å². The van der Waals surface area contributed by atoms with Gasteiger partial charge in [0.1, 0.15) is 6.23 Å². The summed E-state index contributed by atoms with van der Waals surface area (Å²) in [6, 6.07) is 0. The van der Waals surface area contributed by atoms with E-state index in [4.69, 9.17) is 15.6 Å². The predicted octanol–water partition coefficient (Wildman–Crippen LogP) is 0.167. The molecule has 3 N–H and O–H groups in total. The lowest BCUT2D eigenvalue weighted by Crippen LogP contribution is -2.27. The maximum Gasteiger partial charge on any atom is 0.312 e. The summed E-state index contributed by atoms with van der Waals surface area (Å²) < 4.78 is 33.7. The summed E-state index contributed by atoms with van der Waals surface area (Å²) in [5, 5.41) is 8.96. The molecule has 0 spiro atoms. The van der Waals surface area contributed by atoms with Gasteiger partial charge >= 0.3 is 6.08 Å². The molecular weight excluding hydrogens is 260 g/mol. The maximum absolute atomic E-state index is 13.9. The number of anilines is 1. The molecule has 7 nitrogen and oxygen atoms in total. The van der Waals surface area contributed by atoms with Crippen LogP contribution in [0.3, 0.4) is 0 Å². The molecule has 0 aliphatic carbocycles. The fraction of sp³-hybridized carbons (Fsp3) is 0.500. The molecule has 0 bridgehead atoms. The summed E-state index contributed by atoms with van der Waals surface area (Å²) in [6.45, 7) is -0.876. The molecule has 2 aromatic heterocycles. The molecular formula is C10H11F2N5O2. The number of aliphatic hydroxyl groups is 1. The molecule has 3 heterocycles. The third-order valence-electron chi connectivity index (χ3n) is 3.09. The van der Waals surface area contributed by atoms with Crippen LogP contribution in [0.2, 0.25) is 0 Å². The maximum atomic E-state index is 13.9. The minimum absolute atomic E-state index is 0.0690. The van der Waals surface area contributed by atoms with Crippen LogP contribution in [0.5, 0.6) is 0 Å². The van der Waals surface area contributed by atoms with Crippen LogP contribution in [0.25, 0.3) is 11.2 Å². The van der Waals surface area contributed by atoms with Gasteiger partial charge in [0.25, 0.3) is 0 Å². The van der Waals surface area contributed by atoms with E-state index in [0.717, 1.165) is 0 Å². The van der Waals surface area contributed by atoms with Crippen LogP contribution in [-0.2, 0) is 4.74 Å². The van der Waals surface area contributed by atoms with Crippen LogP contribution < -0.4 is 5.73 Å². The quantitative estimate of drug-likeness (QED) is 0.755. The summed E-state index contributed by atoms with van der Waals surface area (Å²) in [6.07, 6.45) is -0.432.